The monoisotopic (exact) mass is 278 g/mol. The lowest BCUT2D eigenvalue weighted by Gasteiger charge is -2.22. The average Bonchev–Trinajstić information content (AvgIpc) is 2.94. The van der Waals surface area contributed by atoms with Crippen molar-refractivity contribution in [3.8, 4) is 11.5 Å². The summed E-state index contributed by atoms with van der Waals surface area (Å²) in [5.41, 5.74) is 0. The van der Waals surface area contributed by atoms with Crippen LogP contribution in [0.15, 0.2) is 35.8 Å². The van der Waals surface area contributed by atoms with Crippen LogP contribution in [0.3, 0.4) is 0 Å². The highest BCUT2D eigenvalue weighted by atomic mass is 32.1. The Morgan fingerprint density at radius 3 is 2.74 bits per heavy atom. The van der Waals surface area contributed by atoms with Crippen LogP contribution in [0, 0.1) is 0 Å². The van der Waals surface area contributed by atoms with Crippen molar-refractivity contribution in [3.05, 3.63) is 40.8 Å². The predicted molar refractivity (Wildman–Crippen MR) is 76.8 cm³/mol. The minimum Gasteiger partial charge on any atom is -0.508 e. The van der Waals surface area contributed by atoms with Gasteiger partial charge in [-0.1, -0.05) is 0 Å². The molecule has 0 saturated heterocycles. The lowest BCUT2D eigenvalue weighted by atomic mass is 10.3. The summed E-state index contributed by atoms with van der Waals surface area (Å²) in [5.74, 6) is 1.02. The molecule has 0 fully saturated rings. The first kappa shape index (κ1) is 13.8. The van der Waals surface area contributed by atoms with Gasteiger partial charge in [0.15, 0.2) is 0 Å². The number of ether oxygens (including phenoxy) is 1. The van der Waals surface area contributed by atoms with Crippen LogP contribution in [0.1, 0.15) is 18.0 Å². The maximum Gasteiger partial charge on any atom is 0.119 e. The third kappa shape index (κ3) is 3.94. The van der Waals surface area contributed by atoms with Crippen LogP contribution in [0.2, 0.25) is 0 Å². The smallest absolute Gasteiger partial charge is 0.119 e. The number of hydrogen-bond acceptors (Lipinski definition) is 5. The van der Waals surface area contributed by atoms with E-state index in [0.29, 0.717) is 12.6 Å². The van der Waals surface area contributed by atoms with Gasteiger partial charge in [-0.25, -0.2) is 4.98 Å². The molecule has 102 valence electrons. The van der Waals surface area contributed by atoms with E-state index in [0.717, 1.165) is 17.3 Å². The fourth-order valence-corrected chi connectivity index (χ4v) is 2.43. The standard InChI is InChI=1S/C14H18N2O2S/c1-11(14-15-7-10-19-14)16(2)8-9-18-13-5-3-12(17)4-6-13/h3-7,10-11,17H,8-9H2,1-2H3. The van der Waals surface area contributed by atoms with Crippen molar-refractivity contribution < 1.29 is 9.84 Å². The summed E-state index contributed by atoms with van der Waals surface area (Å²) < 4.78 is 5.63. The highest BCUT2D eigenvalue weighted by Crippen LogP contribution is 2.20. The Balaban J connectivity index is 1.77. The number of nitrogens with zero attached hydrogens (tertiary/aromatic N) is 2. The van der Waals surface area contributed by atoms with E-state index >= 15 is 0 Å². The first-order valence-corrected chi connectivity index (χ1v) is 7.06. The molecule has 0 aliphatic rings. The molecule has 1 heterocycles. The zero-order chi connectivity index (χ0) is 13.7. The largest absolute Gasteiger partial charge is 0.508 e. The van der Waals surface area contributed by atoms with Crippen molar-refractivity contribution in [2.24, 2.45) is 0 Å². The molecule has 0 bridgehead atoms. The highest BCUT2D eigenvalue weighted by molar-refractivity contribution is 7.09. The first-order valence-electron chi connectivity index (χ1n) is 6.18. The van der Waals surface area contributed by atoms with Crippen LogP contribution in [-0.2, 0) is 0 Å². The molecule has 1 N–H and O–H groups in total. The molecule has 5 heteroatoms. The lowest BCUT2D eigenvalue weighted by molar-refractivity contribution is 0.200. The number of hydrogen-bond donors (Lipinski definition) is 1. The number of aromatic hydroxyl groups is 1. The van der Waals surface area contributed by atoms with E-state index in [4.69, 9.17) is 4.74 Å². The van der Waals surface area contributed by atoms with E-state index in [1.54, 1.807) is 35.6 Å². The van der Waals surface area contributed by atoms with Crippen LogP contribution in [-0.4, -0.2) is 35.2 Å². The molecule has 0 amide bonds. The molecule has 19 heavy (non-hydrogen) atoms. The van der Waals surface area contributed by atoms with Crippen LogP contribution in [0.5, 0.6) is 11.5 Å². The molecule has 2 aromatic rings. The number of phenolic OH excluding ortho intramolecular Hbond substituents is 1. The topological polar surface area (TPSA) is 45.6 Å². The molecule has 2 rings (SSSR count). The summed E-state index contributed by atoms with van der Waals surface area (Å²) >= 11 is 1.67. The van der Waals surface area contributed by atoms with Gasteiger partial charge in [0.25, 0.3) is 0 Å². The van der Waals surface area contributed by atoms with Gasteiger partial charge in [-0.2, -0.15) is 0 Å². The number of phenols is 1. The van der Waals surface area contributed by atoms with Crippen LogP contribution in [0.25, 0.3) is 0 Å². The van der Waals surface area contributed by atoms with Crippen LogP contribution in [0.4, 0.5) is 0 Å². The normalized spacial score (nSPS) is 12.6. The van der Waals surface area contributed by atoms with Crippen molar-refractivity contribution in [1.29, 1.82) is 0 Å². The summed E-state index contributed by atoms with van der Waals surface area (Å²) in [5, 5.41) is 12.3. The third-order valence-electron chi connectivity index (χ3n) is 3.02. The molecule has 0 spiro atoms. The summed E-state index contributed by atoms with van der Waals surface area (Å²) in [6, 6.07) is 7.07. The minimum atomic E-state index is 0.252. The van der Waals surface area contributed by atoms with Gasteiger partial charge in [0.2, 0.25) is 0 Å². The van der Waals surface area contributed by atoms with E-state index in [9.17, 15) is 5.11 Å². The summed E-state index contributed by atoms with van der Waals surface area (Å²) in [4.78, 5) is 6.53. The molecule has 4 nitrogen and oxygen atoms in total. The van der Waals surface area contributed by atoms with Crippen molar-refractivity contribution in [2.45, 2.75) is 13.0 Å². The number of rotatable bonds is 6. The van der Waals surface area contributed by atoms with Gasteiger partial charge in [-0.05, 0) is 38.2 Å². The molecule has 0 aliphatic carbocycles. The van der Waals surface area contributed by atoms with E-state index in [1.807, 2.05) is 11.6 Å². The number of likely N-dealkylation sites (N-methyl/N-ethyl adjacent to an activating group) is 1. The quantitative estimate of drug-likeness (QED) is 0.882. The Morgan fingerprint density at radius 1 is 1.37 bits per heavy atom. The lowest BCUT2D eigenvalue weighted by Crippen LogP contribution is -2.27. The van der Waals surface area contributed by atoms with Gasteiger partial charge in [0.1, 0.15) is 23.1 Å². The van der Waals surface area contributed by atoms with Crippen molar-refractivity contribution in [1.82, 2.24) is 9.88 Å². The summed E-state index contributed by atoms with van der Waals surface area (Å²) in [7, 11) is 2.06. The SMILES string of the molecule is CC(c1nccs1)N(C)CCOc1ccc(O)cc1. The molecule has 0 saturated carbocycles. The summed E-state index contributed by atoms with van der Waals surface area (Å²) in [6.07, 6.45) is 1.83. The Bertz CT molecular complexity index is 485. The molecule has 0 radical (unpaired) electrons. The fraction of sp³-hybridized carbons (Fsp3) is 0.357. The molecule has 1 unspecified atom stereocenters. The van der Waals surface area contributed by atoms with Crippen molar-refractivity contribution in [3.63, 3.8) is 0 Å². The molecule has 1 aromatic carbocycles. The first-order chi connectivity index (χ1) is 9.16. The van der Waals surface area contributed by atoms with Gasteiger partial charge in [0.05, 0.1) is 6.04 Å². The Hall–Kier alpha value is -1.59. The van der Waals surface area contributed by atoms with Gasteiger partial charge in [0, 0.05) is 18.1 Å². The fourth-order valence-electron chi connectivity index (χ4n) is 1.67. The van der Waals surface area contributed by atoms with Crippen molar-refractivity contribution in [2.75, 3.05) is 20.2 Å². The average molecular weight is 278 g/mol. The Morgan fingerprint density at radius 2 is 2.11 bits per heavy atom. The molecular formula is C14H18N2O2S. The van der Waals surface area contributed by atoms with Gasteiger partial charge in [-0.3, -0.25) is 4.90 Å². The minimum absolute atomic E-state index is 0.252. The molecule has 1 atom stereocenters. The van der Waals surface area contributed by atoms with Gasteiger partial charge in [-0.15, -0.1) is 11.3 Å². The zero-order valence-corrected chi connectivity index (χ0v) is 11.9. The maximum atomic E-state index is 9.18. The second kappa shape index (κ2) is 6.54. The maximum absolute atomic E-state index is 9.18. The van der Waals surface area contributed by atoms with E-state index in [2.05, 4.69) is 23.9 Å². The Labute approximate surface area is 117 Å². The zero-order valence-electron chi connectivity index (χ0n) is 11.1. The third-order valence-corrected chi connectivity index (χ3v) is 3.97. The van der Waals surface area contributed by atoms with Gasteiger partial charge >= 0.3 is 0 Å². The van der Waals surface area contributed by atoms with E-state index in [-0.39, 0.29) is 5.75 Å². The van der Waals surface area contributed by atoms with E-state index < -0.39 is 0 Å². The van der Waals surface area contributed by atoms with Crippen LogP contribution < -0.4 is 4.74 Å². The number of aromatic nitrogens is 1. The second-order valence-electron chi connectivity index (χ2n) is 4.37. The number of benzene rings is 1. The Kier molecular flexibility index (Phi) is 4.76. The highest BCUT2D eigenvalue weighted by Gasteiger charge is 2.13. The predicted octanol–water partition coefficient (Wildman–Crippen LogP) is 2.92. The molecular weight excluding hydrogens is 260 g/mol. The van der Waals surface area contributed by atoms with Crippen LogP contribution >= 0.6 is 11.3 Å². The van der Waals surface area contributed by atoms with E-state index in [1.165, 1.54) is 0 Å². The molecule has 0 aliphatic heterocycles. The second-order valence-corrected chi connectivity index (χ2v) is 5.30. The van der Waals surface area contributed by atoms with Gasteiger partial charge < -0.3 is 9.84 Å². The molecule has 1 aromatic heterocycles. The summed E-state index contributed by atoms with van der Waals surface area (Å²) in [6.45, 7) is 3.57. The number of thiazole rings is 1. The van der Waals surface area contributed by atoms with Crippen molar-refractivity contribution >= 4 is 11.3 Å².